The number of nitriles is 2. The summed E-state index contributed by atoms with van der Waals surface area (Å²) >= 11 is 0. The molecule has 0 heterocycles. The zero-order chi connectivity index (χ0) is 60.1. The molecular formula is C32H22F34N4O4. The third-order valence-corrected chi connectivity index (χ3v) is 9.54. The molecule has 0 spiro atoms. The zero-order valence-electron chi connectivity index (χ0n) is 34.9. The first-order valence-corrected chi connectivity index (χ1v) is 18.0. The van der Waals surface area contributed by atoms with Crippen LogP contribution in [0.3, 0.4) is 0 Å². The van der Waals surface area contributed by atoms with Crippen molar-refractivity contribution in [1.29, 1.82) is 10.5 Å². The van der Waals surface area contributed by atoms with Crippen LogP contribution in [0.2, 0.25) is 0 Å². The van der Waals surface area contributed by atoms with Crippen molar-refractivity contribution in [2.24, 2.45) is 10.2 Å². The van der Waals surface area contributed by atoms with E-state index >= 15 is 0 Å². The second-order valence-electron chi connectivity index (χ2n) is 15.2. The van der Waals surface area contributed by atoms with E-state index in [0.717, 1.165) is 0 Å². The summed E-state index contributed by atoms with van der Waals surface area (Å²) in [5.74, 6) is -122. The van der Waals surface area contributed by atoms with E-state index < -0.39 is 170 Å². The van der Waals surface area contributed by atoms with Gasteiger partial charge in [-0.1, -0.05) is 0 Å². The van der Waals surface area contributed by atoms with Gasteiger partial charge in [0.25, 0.3) is 0 Å². The minimum absolute atomic E-state index is 0.622. The minimum atomic E-state index is -8.92. The summed E-state index contributed by atoms with van der Waals surface area (Å²) in [7, 11) is 0. The van der Waals surface area contributed by atoms with Crippen molar-refractivity contribution in [3.05, 3.63) is 0 Å². The Morgan fingerprint density at radius 3 is 0.716 bits per heavy atom. The lowest BCUT2D eigenvalue weighted by Gasteiger charge is -2.42. The molecule has 0 aromatic heterocycles. The van der Waals surface area contributed by atoms with Gasteiger partial charge in [0.1, 0.15) is 0 Å². The number of halogens is 34. The van der Waals surface area contributed by atoms with Gasteiger partial charge in [0.05, 0.1) is 38.2 Å². The summed E-state index contributed by atoms with van der Waals surface area (Å²) in [6.45, 7) is -3.57. The van der Waals surface area contributed by atoms with Gasteiger partial charge in [0.15, 0.2) is 11.1 Å². The van der Waals surface area contributed by atoms with Crippen molar-refractivity contribution in [3.8, 4) is 12.1 Å². The molecule has 0 bridgehead atoms. The number of rotatable bonds is 26. The zero-order valence-corrected chi connectivity index (χ0v) is 34.9. The monoisotopic (exact) mass is 1170 g/mol. The number of hydrogen-bond acceptors (Lipinski definition) is 8. The van der Waals surface area contributed by atoms with Crippen LogP contribution in [-0.2, 0) is 19.1 Å². The van der Waals surface area contributed by atoms with Gasteiger partial charge in [-0.05, 0) is 26.7 Å². The molecule has 42 heteroatoms. The number of carbonyl (C=O) groups excluding carboxylic acids is 2. The quantitative estimate of drug-likeness (QED) is 0.0483. The third-order valence-electron chi connectivity index (χ3n) is 9.54. The first-order valence-electron chi connectivity index (χ1n) is 18.0. The molecule has 432 valence electrons. The summed E-state index contributed by atoms with van der Waals surface area (Å²) in [5, 5.41) is 25.2. The van der Waals surface area contributed by atoms with Crippen LogP contribution in [-0.4, -0.2) is 131 Å². The van der Waals surface area contributed by atoms with E-state index in [2.05, 4.69) is 19.7 Å². The molecule has 0 saturated carbocycles. The molecule has 0 aromatic carbocycles. The summed E-state index contributed by atoms with van der Waals surface area (Å²) in [4.78, 5) is 23.9. The van der Waals surface area contributed by atoms with E-state index in [9.17, 15) is 169 Å². The van der Waals surface area contributed by atoms with Crippen molar-refractivity contribution in [3.63, 3.8) is 0 Å². The van der Waals surface area contributed by atoms with Gasteiger partial charge in [0, 0.05) is 12.8 Å². The molecule has 0 aliphatic rings. The van der Waals surface area contributed by atoms with Gasteiger partial charge in [-0.15, -0.1) is 0 Å². The Morgan fingerprint density at radius 1 is 0.338 bits per heavy atom. The fraction of sp³-hybridized carbons (Fsp3) is 0.875. The van der Waals surface area contributed by atoms with Crippen LogP contribution in [0.5, 0.6) is 0 Å². The highest BCUT2D eigenvalue weighted by molar-refractivity contribution is 5.70. The number of esters is 2. The van der Waals surface area contributed by atoms with Gasteiger partial charge in [-0.3, -0.25) is 9.59 Å². The molecule has 0 N–H and O–H groups in total. The number of nitrogens with zero attached hydrogens (tertiary/aromatic N) is 4. The van der Waals surface area contributed by atoms with Crippen LogP contribution >= 0.6 is 0 Å². The first kappa shape index (κ1) is 69.1. The number of carbonyl (C=O) groups is 2. The van der Waals surface area contributed by atoms with Crippen molar-refractivity contribution >= 4 is 11.9 Å². The third kappa shape index (κ3) is 11.5. The molecular weight excluding hydrogens is 1150 g/mol. The predicted octanol–water partition coefficient (Wildman–Crippen LogP) is 13.4. The van der Waals surface area contributed by atoms with Crippen molar-refractivity contribution in [1.82, 2.24) is 0 Å². The highest BCUT2D eigenvalue weighted by atomic mass is 19.4. The summed E-state index contributed by atoms with van der Waals surface area (Å²) in [5.41, 5.74) is -5.04. The molecule has 2 unspecified atom stereocenters. The summed E-state index contributed by atoms with van der Waals surface area (Å²) in [6, 6.07) is 2.42. The minimum Gasteiger partial charge on any atom is -0.465 e. The molecule has 74 heavy (non-hydrogen) atoms. The molecule has 0 aliphatic carbocycles. The Hall–Kier alpha value is -4.86. The van der Waals surface area contributed by atoms with Crippen LogP contribution in [0.25, 0.3) is 0 Å². The highest BCUT2D eigenvalue weighted by Crippen LogP contribution is 2.66. The van der Waals surface area contributed by atoms with Crippen LogP contribution in [0.1, 0.15) is 52.4 Å². The second-order valence-corrected chi connectivity index (χ2v) is 15.2. The average Bonchev–Trinajstić information content (AvgIpc) is 3.22. The molecule has 0 aliphatic heterocycles. The van der Waals surface area contributed by atoms with Crippen molar-refractivity contribution in [2.45, 2.75) is 159 Å². The van der Waals surface area contributed by atoms with Crippen LogP contribution in [0.15, 0.2) is 10.2 Å². The lowest BCUT2D eigenvalue weighted by Crippen LogP contribution is -2.74. The molecule has 0 saturated heterocycles. The predicted molar refractivity (Wildman–Crippen MR) is 164 cm³/mol. The molecule has 0 radical (unpaired) electrons. The second kappa shape index (κ2) is 20.3. The Balaban J connectivity index is 5.91. The van der Waals surface area contributed by atoms with E-state index in [1.807, 2.05) is 0 Å². The molecule has 0 amide bonds. The number of ether oxygens (including phenoxy) is 2. The Kier molecular flexibility index (Phi) is 18.9. The first-order chi connectivity index (χ1) is 32.0. The lowest BCUT2D eigenvalue weighted by molar-refractivity contribution is -0.461. The standard InChI is InChI=1S/C32H22F34N4O4/c1-15(11-67,5-3-13(71)73-9-7-17(33,34)19(37,38)21(41,42)23(45,46)25(49,50)27(53,54)29(57,58)31(61,62)63)69-70-16(2,12-68)6-4-14(72)74-10-8-18(35,36)20(39,40)22(43,44)24(47,48)26(51,52)28(55,56)30(59,60)32(64,65)66/h3-10H2,1-2H3. The number of hydrogen-bond donors (Lipinski definition) is 0. The van der Waals surface area contributed by atoms with E-state index in [-0.39, 0.29) is 0 Å². The molecule has 8 nitrogen and oxygen atoms in total. The SMILES string of the molecule is CC(C#N)(CCC(=O)OCCC(F)(F)C(F)(F)C(F)(F)C(F)(F)C(F)(F)C(F)(F)C(F)(F)C(F)(F)F)N=NC(C)(C#N)CCC(=O)OCCC(F)(F)C(F)(F)C(F)(F)C(F)(F)C(F)(F)C(F)(F)C(F)(F)C(F)(F)F. The number of alkyl halides is 34. The highest BCUT2D eigenvalue weighted by Gasteiger charge is 2.97. The van der Waals surface area contributed by atoms with Gasteiger partial charge in [-0.2, -0.15) is 170 Å². The van der Waals surface area contributed by atoms with Gasteiger partial charge in [0.2, 0.25) is 0 Å². The summed E-state index contributed by atoms with van der Waals surface area (Å²) in [6.07, 6.45) is -27.6. The number of azo groups is 1. The maximum absolute atomic E-state index is 14.1. The maximum Gasteiger partial charge on any atom is 0.460 e. The van der Waals surface area contributed by atoms with Crippen LogP contribution in [0.4, 0.5) is 149 Å². The molecule has 0 aromatic rings. The Labute approximate surface area is 385 Å². The van der Waals surface area contributed by atoms with Crippen LogP contribution in [0, 0.1) is 22.7 Å². The van der Waals surface area contributed by atoms with E-state index in [1.165, 1.54) is 12.1 Å². The lowest BCUT2D eigenvalue weighted by atomic mass is 9.88. The normalized spacial score (nSPS) is 17.1. The largest absolute Gasteiger partial charge is 0.465 e. The van der Waals surface area contributed by atoms with Crippen molar-refractivity contribution < 1.29 is 168 Å². The maximum atomic E-state index is 14.1. The van der Waals surface area contributed by atoms with Crippen LogP contribution < -0.4 is 0 Å². The van der Waals surface area contributed by atoms with Gasteiger partial charge >= 0.3 is 107 Å². The molecule has 0 fully saturated rings. The van der Waals surface area contributed by atoms with Crippen molar-refractivity contribution in [2.75, 3.05) is 13.2 Å². The van der Waals surface area contributed by atoms with E-state index in [1.54, 1.807) is 0 Å². The van der Waals surface area contributed by atoms with E-state index in [4.69, 9.17) is 0 Å². The topological polar surface area (TPSA) is 125 Å². The fourth-order valence-electron chi connectivity index (χ4n) is 4.61. The fourth-order valence-corrected chi connectivity index (χ4v) is 4.61. The molecule has 2 atom stereocenters. The Morgan fingerprint density at radius 2 is 0.527 bits per heavy atom. The smallest absolute Gasteiger partial charge is 0.460 e. The van der Waals surface area contributed by atoms with Gasteiger partial charge in [-0.25, -0.2) is 0 Å². The Bertz CT molecular complexity index is 1980. The van der Waals surface area contributed by atoms with E-state index in [0.29, 0.717) is 13.8 Å². The van der Waals surface area contributed by atoms with Gasteiger partial charge < -0.3 is 9.47 Å². The molecule has 0 rings (SSSR count). The average molecular weight is 1170 g/mol. The summed E-state index contributed by atoms with van der Waals surface area (Å²) < 4.78 is 464.